The number of hydrogen-bond acceptors (Lipinski definition) is 2. The van der Waals surface area contributed by atoms with Crippen LogP contribution in [-0.2, 0) is 4.79 Å². The minimum absolute atomic E-state index is 0.326. The highest BCUT2D eigenvalue weighted by Crippen LogP contribution is 2.05. The summed E-state index contributed by atoms with van der Waals surface area (Å²) < 4.78 is 0. The fourth-order valence-electron chi connectivity index (χ4n) is 1.16. The number of carbonyl (C=O) groups excluding carboxylic acids is 1. The molecular formula is C13H23NO2. The van der Waals surface area contributed by atoms with Crippen molar-refractivity contribution >= 4 is 5.91 Å². The van der Waals surface area contributed by atoms with Gasteiger partial charge in [0.05, 0.1) is 0 Å². The fourth-order valence-corrected chi connectivity index (χ4v) is 1.16. The van der Waals surface area contributed by atoms with Gasteiger partial charge in [0.25, 0.3) is 0 Å². The molecule has 0 aliphatic carbocycles. The van der Waals surface area contributed by atoms with Gasteiger partial charge in [0.15, 0.2) is 0 Å². The topological polar surface area (TPSA) is 49.3 Å². The summed E-state index contributed by atoms with van der Waals surface area (Å²) in [5.74, 6) is -0.326. The Bertz CT molecular complexity index is 274. The fraction of sp³-hybridized carbons (Fsp3) is 0.615. The summed E-state index contributed by atoms with van der Waals surface area (Å²) in [6.45, 7) is 8.17. The third-order valence-corrected chi connectivity index (χ3v) is 2.20. The largest absolute Gasteiger partial charge is 0.384 e. The molecular weight excluding hydrogens is 202 g/mol. The Morgan fingerprint density at radius 3 is 2.44 bits per heavy atom. The van der Waals surface area contributed by atoms with Gasteiger partial charge in [-0.1, -0.05) is 23.3 Å². The van der Waals surface area contributed by atoms with E-state index in [9.17, 15) is 4.79 Å². The molecule has 2 N–H and O–H groups in total. The number of rotatable bonds is 6. The van der Waals surface area contributed by atoms with Crippen LogP contribution in [0.5, 0.6) is 0 Å². The lowest BCUT2D eigenvalue weighted by Gasteiger charge is -2.05. The Balaban J connectivity index is 3.79. The zero-order chi connectivity index (χ0) is 12.6. The molecule has 0 aromatic heterocycles. The molecule has 1 amide bonds. The first kappa shape index (κ1) is 14.9. The third kappa shape index (κ3) is 8.24. The van der Waals surface area contributed by atoms with E-state index in [0.717, 1.165) is 12.8 Å². The molecule has 3 heteroatoms. The highest BCUT2D eigenvalue weighted by atomic mass is 16.3. The smallest absolute Gasteiger partial charge is 0.248 e. The number of amides is 1. The lowest BCUT2D eigenvalue weighted by molar-refractivity contribution is -0.128. The average molecular weight is 225 g/mol. The molecule has 0 aromatic carbocycles. The minimum atomic E-state index is -0.931. The Kier molecular flexibility index (Phi) is 7.56. The van der Waals surface area contributed by atoms with Crippen molar-refractivity contribution in [2.75, 3.05) is 6.54 Å². The van der Waals surface area contributed by atoms with Gasteiger partial charge in [-0.3, -0.25) is 4.79 Å². The van der Waals surface area contributed by atoms with E-state index < -0.39 is 6.10 Å². The predicted molar refractivity (Wildman–Crippen MR) is 67.1 cm³/mol. The Labute approximate surface area is 98.2 Å². The maximum absolute atomic E-state index is 11.0. The molecule has 92 valence electrons. The molecule has 0 spiro atoms. The molecule has 0 aromatic rings. The molecule has 0 aliphatic heterocycles. The highest BCUT2D eigenvalue weighted by Gasteiger charge is 2.05. The molecule has 16 heavy (non-hydrogen) atoms. The summed E-state index contributed by atoms with van der Waals surface area (Å²) in [6.07, 6.45) is 5.30. The number of allylic oxidation sites excluding steroid dienone is 3. The normalized spacial score (nSPS) is 13.2. The van der Waals surface area contributed by atoms with Gasteiger partial charge in [-0.25, -0.2) is 0 Å². The minimum Gasteiger partial charge on any atom is -0.384 e. The van der Waals surface area contributed by atoms with E-state index in [4.69, 9.17) is 5.11 Å². The predicted octanol–water partition coefficient (Wildman–Crippen LogP) is 2.18. The Hall–Kier alpha value is -1.09. The summed E-state index contributed by atoms with van der Waals surface area (Å²) >= 11 is 0. The molecule has 1 unspecified atom stereocenters. The van der Waals surface area contributed by atoms with Crippen LogP contribution in [-0.4, -0.2) is 23.7 Å². The van der Waals surface area contributed by atoms with Crippen molar-refractivity contribution in [3.05, 3.63) is 23.3 Å². The second kappa shape index (κ2) is 8.11. The van der Waals surface area contributed by atoms with Crippen LogP contribution in [0.2, 0.25) is 0 Å². The Morgan fingerprint density at radius 1 is 1.31 bits per heavy atom. The van der Waals surface area contributed by atoms with Crippen molar-refractivity contribution in [1.82, 2.24) is 5.32 Å². The summed E-state index contributed by atoms with van der Waals surface area (Å²) in [5.41, 5.74) is 2.58. The van der Waals surface area contributed by atoms with E-state index in [0.29, 0.717) is 6.54 Å². The lowest BCUT2D eigenvalue weighted by Crippen LogP contribution is -2.32. The van der Waals surface area contributed by atoms with Crippen molar-refractivity contribution in [3.63, 3.8) is 0 Å². The number of aliphatic hydroxyl groups is 1. The molecule has 0 saturated heterocycles. The zero-order valence-electron chi connectivity index (χ0n) is 10.7. The molecule has 3 nitrogen and oxygen atoms in total. The molecule has 0 bridgehead atoms. The molecule has 0 rings (SSSR count). The van der Waals surface area contributed by atoms with Gasteiger partial charge in [-0.15, -0.1) is 0 Å². The third-order valence-electron chi connectivity index (χ3n) is 2.20. The monoisotopic (exact) mass is 225 g/mol. The second-order valence-corrected chi connectivity index (χ2v) is 4.29. The van der Waals surface area contributed by atoms with E-state index in [1.807, 2.05) is 13.0 Å². The van der Waals surface area contributed by atoms with E-state index in [-0.39, 0.29) is 5.91 Å². The van der Waals surface area contributed by atoms with Crippen molar-refractivity contribution < 1.29 is 9.90 Å². The van der Waals surface area contributed by atoms with Gasteiger partial charge in [0.1, 0.15) is 6.10 Å². The lowest BCUT2D eigenvalue weighted by atomic mass is 10.1. The maximum atomic E-state index is 11.0. The van der Waals surface area contributed by atoms with Gasteiger partial charge in [-0.2, -0.15) is 0 Å². The molecule has 1 atom stereocenters. The maximum Gasteiger partial charge on any atom is 0.248 e. The van der Waals surface area contributed by atoms with E-state index in [2.05, 4.69) is 25.2 Å². The summed E-state index contributed by atoms with van der Waals surface area (Å²) in [6, 6.07) is 0. The van der Waals surface area contributed by atoms with Gasteiger partial charge >= 0.3 is 0 Å². The number of hydrogen-bond donors (Lipinski definition) is 2. The summed E-state index contributed by atoms with van der Waals surface area (Å²) in [4.78, 5) is 11.0. The van der Waals surface area contributed by atoms with Crippen LogP contribution in [0.25, 0.3) is 0 Å². The van der Waals surface area contributed by atoms with E-state index >= 15 is 0 Å². The first-order chi connectivity index (χ1) is 7.43. The second-order valence-electron chi connectivity index (χ2n) is 4.29. The van der Waals surface area contributed by atoms with Gasteiger partial charge < -0.3 is 10.4 Å². The van der Waals surface area contributed by atoms with E-state index in [1.165, 1.54) is 18.1 Å². The average Bonchev–Trinajstić information content (AvgIpc) is 2.16. The van der Waals surface area contributed by atoms with Crippen molar-refractivity contribution in [2.45, 2.75) is 46.6 Å². The number of aliphatic hydroxyl groups excluding tert-OH is 1. The molecule has 0 radical (unpaired) electrons. The first-order valence-electron chi connectivity index (χ1n) is 5.68. The zero-order valence-corrected chi connectivity index (χ0v) is 10.7. The number of carbonyl (C=O) groups is 1. The first-order valence-corrected chi connectivity index (χ1v) is 5.68. The summed E-state index contributed by atoms with van der Waals surface area (Å²) in [5, 5.41) is 11.6. The molecule has 0 fully saturated rings. The van der Waals surface area contributed by atoms with Gasteiger partial charge in [0.2, 0.25) is 5.91 Å². The Morgan fingerprint density at radius 2 is 1.94 bits per heavy atom. The SMILES string of the molecule is CC(C)=CCCC(C)=CCNC(=O)C(C)O. The quantitative estimate of drug-likeness (QED) is 0.681. The number of nitrogens with one attached hydrogen (secondary N) is 1. The van der Waals surface area contributed by atoms with Crippen LogP contribution >= 0.6 is 0 Å². The van der Waals surface area contributed by atoms with E-state index in [1.54, 1.807) is 0 Å². The highest BCUT2D eigenvalue weighted by molar-refractivity contribution is 5.80. The molecule has 0 heterocycles. The van der Waals surface area contributed by atoms with Crippen LogP contribution in [0.3, 0.4) is 0 Å². The van der Waals surface area contributed by atoms with Crippen LogP contribution in [0, 0.1) is 0 Å². The van der Waals surface area contributed by atoms with Gasteiger partial charge in [0, 0.05) is 6.54 Å². The van der Waals surface area contributed by atoms with Gasteiger partial charge in [-0.05, 0) is 40.5 Å². The van der Waals surface area contributed by atoms with Crippen molar-refractivity contribution in [3.8, 4) is 0 Å². The summed E-state index contributed by atoms with van der Waals surface area (Å²) in [7, 11) is 0. The van der Waals surface area contributed by atoms with Crippen LogP contribution in [0.4, 0.5) is 0 Å². The molecule has 0 saturated carbocycles. The molecule has 0 aliphatic rings. The van der Waals surface area contributed by atoms with Crippen molar-refractivity contribution in [1.29, 1.82) is 0 Å². The van der Waals surface area contributed by atoms with Crippen LogP contribution in [0.1, 0.15) is 40.5 Å². The van der Waals surface area contributed by atoms with Crippen LogP contribution < -0.4 is 5.32 Å². The van der Waals surface area contributed by atoms with Crippen LogP contribution in [0.15, 0.2) is 23.3 Å². The standard InChI is InChI=1S/C13H23NO2/c1-10(2)6-5-7-11(3)8-9-14-13(16)12(4)15/h6,8,12,15H,5,7,9H2,1-4H3,(H,14,16). The van der Waals surface area contributed by atoms with Crippen molar-refractivity contribution in [2.24, 2.45) is 0 Å².